The van der Waals surface area contributed by atoms with Crippen molar-refractivity contribution in [3.05, 3.63) is 52.6 Å². The van der Waals surface area contributed by atoms with Gasteiger partial charge in [-0.1, -0.05) is 11.6 Å². The van der Waals surface area contributed by atoms with Crippen LogP contribution in [0.2, 0.25) is 5.02 Å². The van der Waals surface area contributed by atoms with Gasteiger partial charge in [0.15, 0.2) is 0 Å². The first-order valence-electron chi connectivity index (χ1n) is 12.6. The molecule has 1 aromatic heterocycles. The van der Waals surface area contributed by atoms with E-state index in [1.165, 1.54) is 0 Å². The van der Waals surface area contributed by atoms with Crippen LogP contribution in [-0.2, 0) is 16.1 Å². The van der Waals surface area contributed by atoms with Gasteiger partial charge in [-0.2, -0.15) is 0 Å². The molecule has 186 valence electrons. The van der Waals surface area contributed by atoms with Crippen LogP contribution in [-0.4, -0.2) is 68.3 Å². The van der Waals surface area contributed by atoms with Gasteiger partial charge in [-0.15, -0.1) is 0 Å². The summed E-state index contributed by atoms with van der Waals surface area (Å²) < 4.78 is 6.47. The molecule has 2 aliphatic carbocycles. The minimum absolute atomic E-state index is 0.0875. The Labute approximate surface area is 213 Å². The largest absolute Gasteiger partial charge is 0.489 e. The third-order valence-corrected chi connectivity index (χ3v) is 8.88. The quantitative estimate of drug-likeness (QED) is 0.619. The summed E-state index contributed by atoms with van der Waals surface area (Å²) in [6, 6.07) is 5.96. The standard InChI is InChI=1S/C26H26ClN5O4/c27-17-9-28-22(29-10-17)16-11-31(12-16)20-2-1-3-21(20)36-18-4-5-19-14(6-18)13-32(24(19)34)26-7-15(8-26)23(33)30-25(26)35/h4-6,9-10,15-16,20-21H,1-3,7-8,11-13H2,(H,30,33,35)/t15?,20?,21-,26?/m1/s1. The third-order valence-electron chi connectivity index (χ3n) is 8.69. The van der Waals surface area contributed by atoms with Crippen LogP contribution in [0.3, 0.4) is 0 Å². The van der Waals surface area contributed by atoms with Gasteiger partial charge in [0.2, 0.25) is 5.91 Å². The summed E-state index contributed by atoms with van der Waals surface area (Å²) in [5, 5.41) is 2.98. The van der Waals surface area contributed by atoms with E-state index in [0.29, 0.717) is 41.9 Å². The van der Waals surface area contributed by atoms with Crippen LogP contribution in [0.15, 0.2) is 30.6 Å². The number of imide groups is 1. The monoisotopic (exact) mass is 507 g/mol. The summed E-state index contributed by atoms with van der Waals surface area (Å²) in [5.74, 6) is 1.02. The molecule has 1 aromatic carbocycles. The Bertz CT molecular complexity index is 1270. The van der Waals surface area contributed by atoms with E-state index in [-0.39, 0.29) is 29.7 Å². The molecular formula is C26H26ClN5O4. The first-order valence-corrected chi connectivity index (χ1v) is 13.0. The van der Waals surface area contributed by atoms with Gasteiger partial charge < -0.3 is 9.64 Å². The highest BCUT2D eigenvalue weighted by Gasteiger charge is 2.63. The number of aromatic nitrogens is 2. The van der Waals surface area contributed by atoms with Crippen molar-refractivity contribution in [2.24, 2.45) is 5.92 Å². The number of hydrogen-bond acceptors (Lipinski definition) is 7. The van der Waals surface area contributed by atoms with Gasteiger partial charge in [-0.05, 0) is 55.9 Å². The molecule has 2 bridgehead atoms. The molecule has 36 heavy (non-hydrogen) atoms. The number of benzene rings is 1. The Kier molecular flexibility index (Phi) is 4.92. The summed E-state index contributed by atoms with van der Waals surface area (Å²) in [6.07, 6.45) is 7.42. The Morgan fingerprint density at radius 2 is 1.83 bits per heavy atom. The van der Waals surface area contributed by atoms with Crippen LogP contribution < -0.4 is 10.1 Å². The number of fused-ring (bicyclic) bond motifs is 3. The summed E-state index contributed by atoms with van der Waals surface area (Å²) in [6.45, 7) is 2.18. The number of nitrogens with zero attached hydrogens (tertiary/aromatic N) is 4. The van der Waals surface area contributed by atoms with Crippen LogP contribution in [0.1, 0.15) is 59.8 Å². The van der Waals surface area contributed by atoms with Crippen molar-refractivity contribution < 1.29 is 19.1 Å². The molecule has 2 atom stereocenters. The molecule has 5 heterocycles. The molecule has 2 aromatic rings. The Balaban J connectivity index is 1.02. The molecule has 0 spiro atoms. The maximum atomic E-state index is 13.2. The number of hydrogen-bond donors (Lipinski definition) is 1. The Morgan fingerprint density at radius 1 is 1.06 bits per heavy atom. The zero-order valence-electron chi connectivity index (χ0n) is 19.7. The lowest BCUT2D eigenvalue weighted by atomic mass is 9.63. The van der Waals surface area contributed by atoms with Gasteiger partial charge >= 0.3 is 0 Å². The van der Waals surface area contributed by atoms with E-state index in [1.807, 2.05) is 18.2 Å². The number of amides is 3. The minimum Gasteiger partial charge on any atom is -0.489 e. The molecule has 8 rings (SSSR count). The number of nitrogens with one attached hydrogen (secondary N) is 1. The number of rotatable bonds is 5. The zero-order valence-corrected chi connectivity index (χ0v) is 20.4. The fourth-order valence-corrected chi connectivity index (χ4v) is 6.73. The molecule has 0 radical (unpaired) electrons. The van der Waals surface area contributed by atoms with Crippen molar-refractivity contribution in [1.82, 2.24) is 25.1 Å². The highest BCUT2D eigenvalue weighted by molar-refractivity contribution is 6.30. The van der Waals surface area contributed by atoms with Crippen molar-refractivity contribution in [2.45, 2.75) is 62.3 Å². The van der Waals surface area contributed by atoms with Crippen LogP contribution in [0, 0.1) is 5.92 Å². The number of piperidine rings is 2. The average molecular weight is 508 g/mol. The fourth-order valence-electron chi connectivity index (χ4n) is 6.63. The molecule has 4 aliphatic heterocycles. The molecule has 5 fully saturated rings. The van der Waals surface area contributed by atoms with Crippen LogP contribution in [0.25, 0.3) is 0 Å². The van der Waals surface area contributed by atoms with Gasteiger partial charge in [0.25, 0.3) is 11.8 Å². The topological polar surface area (TPSA) is 105 Å². The Morgan fingerprint density at radius 3 is 2.58 bits per heavy atom. The van der Waals surface area contributed by atoms with Gasteiger partial charge in [0, 0.05) is 55.5 Å². The second kappa shape index (κ2) is 7.98. The maximum Gasteiger partial charge on any atom is 0.255 e. The van der Waals surface area contributed by atoms with Crippen molar-refractivity contribution in [3.8, 4) is 5.75 Å². The van der Waals surface area contributed by atoms with Crippen molar-refractivity contribution in [2.75, 3.05) is 13.1 Å². The van der Waals surface area contributed by atoms with E-state index in [0.717, 1.165) is 49.5 Å². The highest BCUT2D eigenvalue weighted by atomic mass is 35.5. The predicted octanol–water partition coefficient (Wildman–Crippen LogP) is 2.29. The second-order valence-corrected chi connectivity index (χ2v) is 11.2. The first kappa shape index (κ1) is 22.2. The van der Waals surface area contributed by atoms with E-state index >= 15 is 0 Å². The second-order valence-electron chi connectivity index (χ2n) is 10.7. The van der Waals surface area contributed by atoms with Crippen molar-refractivity contribution in [1.29, 1.82) is 0 Å². The number of carbonyl (C=O) groups is 3. The molecule has 1 unspecified atom stereocenters. The van der Waals surface area contributed by atoms with Crippen LogP contribution in [0.4, 0.5) is 0 Å². The van der Waals surface area contributed by atoms with Crippen LogP contribution >= 0.6 is 11.6 Å². The summed E-state index contributed by atoms with van der Waals surface area (Å²) in [5.41, 5.74) is 0.591. The molecule has 1 N–H and O–H groups in total. The summed E-state index contributed by atoms with van der Waals surface area (Å²) in [4.78, 5) is 50.5. The highest BCUT2D eigenvalue weighted by Crippen LogP contribution is 2.49. The lowest BCUT2D eigenvalue weighted by Gasteiger charge is -2.53. The molecule has 2 saturated carbocycles. The Hall–Kier alpha value is -3.04. The first-order chi connectivity index (χ1) is 17.4. The summed E-state index contributed by atoms with van der Waals surface area (Å²) >= 11 is 5.91. The molecule has 10 heteroatoms. The zero-order chi connectivity index (χ0) is 24.6. The number of halogens is 1. The van der Waals surface area contributed by atoms with E-state index < -0.39 is 5.54 Å². The lowest BCUT2D eigenvalue weighted by Crippen LogP contribution is -2.73. The van der Waals surface area contributed by atoms with Gasteiger partial charge in [-0.25, -0.2) is 9.97 Å². The summed E-state index contributed by atoms with van der Waals surface area (Å²) in [7, 11) is 0. The number of carbonyl (C=O) groups excluding carboxylic acids is 3. The van der Waals surface area contributed by atoms with Crippen molar-refractivity contribution in [3.63, 3.8) is 0 Å². The number of ether oxygens (including phenoxy) is 1. The van der Waals surface area contributed by atoms with Crippen molar-refractivity contribution >= 4 is 29.3 Å². The maximum absolute atomic E-state index is 13.2. The van der Waals surface area contributed by atoms with Gasteiger partial charge in [-0.3, -0.25) is 24.6 Å². The normalized spacial score (nSPS) is 31.6. The van der Waals surface area contributed by atoms with E-state index in [4.69, 9.17) is 16.3 Å². The molecule has 3 saturated heterocycles. The minimum atomic E-state index is -0.895. The van der Waals surface area contributed by atoms with E-state index in [2.05, 4.69) is 20.2 Å². The molecule has 3 amide bonds. The van der Waals surface area contributed by atoms with Crippen LogP contribution in [0.5, 0.6) is 5.75 Å². The number of likely N-dealkylation sites (tertiary alicyclic amines) is 1. The molecule has 9 nitrogen and oxygen atoms in total. The van der Waals surface area contributed by atoms with Gasteiger partial charge in [0.1, 0.15) is 23.2 Å². The average Bonchev–Trinajstić information content (AvgIpc) is 3.37. The van der Waals surface area contributed by atoms with Gasteiger partial charge in [0.05, 0.1) is 5.02 Å². The molecule has 6 aliphatic rings. The predicted molar refractivity (Wildman–Crippen MR) is 128 cm³/mol. The lowest BCUT2D eigenvalue weighted by molar-refractivity contribution is -0.160. The van der Waals surface area contributed by atoms with E-state index in [9.17, 15) is 14.4 Å². The fraction of sp³-hybridized carbons (Fsp3) is 0.500. The SMILES string of the molecule is O=C1NC(=O)C2(N3Cc4cc(O[C@@H]5CCCC5N5CC(c6ncc(Cl)cn6)C5)ccc4C3=O)CC1C2. The van der Waals surface area contributed by atoms with E-state index in [1.54, 1.807) is 17.3 Å². The third kappa shape index (κ3) is 3.29. The smallest absolute Gasteiger partial charge is 0.255 e. The molecular weight excluding hydrogens is 482 g/mol.